The number of rotatable bonds is 9. The first kappa shape index (κ1) is 22.3. The number of nitro groups is 1. The molecule has 3 aromatic rings. The molecule has 9 heteroatoms. The van der Waals surface area contributed by atoms with Gasteiger partial charge in [-0.3, -0.25) is 19.7 Å². The van der Waals surface area contributed by atoms with Crippen LogP contribution < -0.4 is 20.7 Å². The highest BCUT2D eigenvalue weighted by atomic mass is 16.6. The molecule has 0 atom stereocenters. The van der Waals surface area contributed by atoms with Gasteiger partial charge < -0.3 is 20.7 Å². The van der Waals surface area contributed by atoms with Gasteiger partial charge in [-0.2, -0.15) is 0 Å². The van der Waals surface area contributed by atoms with Crippen LogP contribution in [-0.2, 0) is 11.3 Å². The van der Waals surface area contributed by atoms with Crippen LogP contribution in [0.5, 0.6) is 5.75 Å². The standard InChI is InChI=1S/C23H22N4O5/c1-32-19-10-7-16(8-11-19)14-24-22(28)15-25-23(29)17-9-12-20(21(13-17)27(30)31)26-18-5-3-2-4-6-18/h2-13,26H,14-15H2,1H3,(H,24,28)(H,25,29). The third-order valence-corrected chi connectivity index (χ3v) is 4.57. The Morgan fingerprint density at radius 3 is 2.34 bits per heavy atom. The molecule has 0 saturated carbocycles. The monoisotopic (exact) mass is 434 g/mol. The van der Waals surface area contributed by atoms with Gasteiger partial charge in [-0.05, 0) is 42.0 Å². The van der Waals surface area contributed by atoms with E-state index in [2.05, 4.69) is 16.0 Å². The topological polar surface area (TPSA) is 123 Å². The fourth-order valence-corrected chi connectivity index (χ4v) is 2.88. The number of anilines is 2. The minimum absolute atomic E-state index is 0.0817. The number of carbonyl (C=O) groups is 2. The second kappa shape index (κ2) is 10.6. The fraction of sp³-hybridized carbons (Fsp3) is 0.130. The van der Waals surface area contributed by atoms with Crippen molar-refractivity contribution < 1.29 is 19.2 Å². The quantitative estimate of drug-likeness (QED) is 0.350. The van der Waals surface area contributed by atoms with Crippen molar-refractivity contribution >= 4 is 28.9 Å². The van der Waals surface area contributed by atoms with Gasteiger partial charge in [0.15, 0.2) is 0 Å². The lowest BCUT2D eigenvalue weighted by Crippen LogP contribution is -2.36. The van der Waals surface area contributed by atoms with Crippen molar-refractivity contribution in [1.82, 2.24) is 10.6 Å². The molecule has 0 fully saturated rings. The van der Waals surface area contributed by atoms with E-state index < -0.39 is 10.8 Å². The summed E-state index contributed by atoms with van der Waals surface area (Å²) in [5.74, 6) is -0.253. The molecule has 2 amide bonds. The lowest BCUT2D eigenvalue weighted by atomic mass is 10.1. The summed E-state index contributed by atoms with van der Waals surface area (Å²) in [4.78, 5) is 35.3. The fourth-order valence-electron chi connectivity index (χ4n) is 2.88. The lowest BCUT2D eigenvalue weighted by Gasteiger charge is -2.10. The van der Waals surface area contributed by atoms with Crippen LogP contribution in [0.2, 0.25) is 0 Å². The number of benzene rings is 3. The Balaban J connectivity index is 1.57. The summed E-state index contributed by atoms with van der Waals surface area (Å²) in [7, 11) is 1.57. The number of methoxy groups -OCH3 is 1. The minimum atomic E-state index is -0.584. The molecular weight excluding hydrogens is 412 g/mol. The molecule has 0 aliphatic heterocycles. The minimum Gasteiger partial charge on any atom is -0.497 e. The van der Waals surface area contributed by atoms with Gasteiger partial charge in [0.05, 0.1) is 18.6 Å². The summed E-state index contributed by atoms with van der Waals surface area (Å²) >= 11 is 0. The van der Waals surface area contributed by atoms with Crippen LogP contribution >= 0.6 is 0 Å². The molecular formula is C23H22N4O5. The van der Waals surface area contributed by atoms with Crippen molar-refractivity contribution in [1.29, 1.82) is 0 Å². The Hall–Kier alpha value is -4.40. The molecule has 0 spiro atoms. The summed E-state index contributed by atoms with van der Waals surface area (Å²) in [6.45, 7) is 0.0385. The van der Waals surface area contributed by atoms with Crippen molar-refractivity contribution in [3.05, 3.63) is 94.0 Å². The molecule has 3 rings (SSSR count). The van der Waals surface area contributed by atoms with E-state index in [-0.39, 0.29) is 29.4 Å². The molecule has 0 bridgehead atoms. The maximum absolute atomic E-state index is 12.4. The first-order chi connectivity index (χ1) is 15.5. The second-order valence-corrected chi connectivity index (χ2v) is 6.79. The summed E-state index contributed by atoms with van der Waals surface area (Å²) < 4.78 is 5.08. The van der Waals surface area contributed by atoms with E-state index in [1.807, 2.05) is 18.2 Å². The number of nitro benzene ring substituents is 1. The molecule has 0 aliphatic carbocycles. The molecule has 3 N–H and O–H groups in total. The largest absolute Gasteiger partial charge is 0.497 e. The number of hydrogen-bond acceptors (Lipinski definition) is 6. The molecule has 9 nitrogen and oxygen atoms in total. The summed E-state index contributed by atoms with van der Waals surface area (Å²) in [5, 5.41) is 19.6. The van der Waals surface area contributed by atoms with Crippen molar-refractivity contribution in [2.24, 2.45) is 0 Å². The second-order valence-electron chi connectivity index (χ2n) is 6.79. The van der Waals surface area contributed by atoms with E-state index >= 15 is 0 Å². The average molecular weight is 434 g/mol. The number of carbonyl (C=O) groups excluding carboxylic acids is 2. The highest BCUT2D eigenvalue weighted by Gasteiger charge is 2.18. The third-order valence-electron chi connectivity index (χ3n) is 4.57. The van der Waals surface area contributed by atoms with E-state index in [1.165, 1.54) is 18.2 Å². The zero-order valence-corrected chi connectivity index (χ0v) is 17.3. The Morgan fingerprint density at radius 1 is 0.969 bits per heavy atom. The molecule has 0 saturated heterocycles. The van der Waals surface area contributed by atoms with Gasteiger partial charge in [0, 0.05) is 23.9 Å². The summed E-state index contributed by atoms with van der Waals surface area (Å²) in [6, 6.07) is 20.3. The SMILES string of the molecule is COc1ccc(CNC(=O)CNC(=O)c2ccc(Nc3ccccc3)c([N+](=O)[O-])c2)cc1. The van der Waals surface area contributed by atoms with E-state index in [4.69, 9.17) is 4.74 Å². The molecule has 0 unspecified atom stereocenters. The summed E-state index contributed by atoms with van der Waals surface area (Å²) in [5.41, 5.74) is 1.66. The Bertz CT molecular complexity index is 1100. The Kier molecular flexibility index (Phi) is 7.37. The van der Waals surface area contributed by atoms with Crippen LogP contribution in [0.25, 0.3) is 0 Å². The normalized spacial score (nSPS) is 10.2. The van der Waals surface area contributed by atoms with Gasteiger partial charge in [-0.15, -0.1) is 0 Å². The first-order valence-corrected chi connectivity index (χ1v) is 9.74. The van der Waals surface area contributed by atoms with Gasteiger partial charge in [0.1, 0.15) is 11.4 Å². The lowest BCUT2D eigenvalue weighted by molar-refractivity contribution is -0.383. The molecule has 3 aromatic carbocycles. The van der Waals surface area contributed by atoms with Crippen LogP contribution in [0.15, 0.2) is 72.8 Å². The molecule has 0 aliphatic rings. The van der Waals surface area contributed by atoms with E-state index in [1.54, 1.807) is 43.5 Å². The van der Waals surface area contributed by atoms with Crippen LogP contribution in [0, 0.1) is 10.1 Å². The van der Waals surface area contributed by atoms with Gasteiger partial charge in [-0.25, -0.2) is 0 Å². The summed E-state index contributed by atoms with van der Waals surface area (Å²) in [6.07, 6.45) is 0. The number of para-hydroxylation sites is 1. The highest BCUT2D eigenvalue weighted by molar-refractivity contribution is 5.97. The van der Waals surface area contributed by atoms with E-state index in [9.17, 15) is 19.7 Å². The van der Waals surface area contributed by atoms with Crippen molar-refractivity contribution in [2.75, 3.05) is 19.0 Å². The molecule has 0 radical (unpaired) electrons. The average Bonchev–Trinajstić information content (AvgIpc) is 2.82. The third kappa shape index (κ3) is 6.05. The van der Waals surface area contributed by atoms with Crippen molar-refractivity contribution in [3.63, 3.8) is 0 Å². The van der Waals surface area contributed by atoms with Gasteiger partial charge >= 0.3 is 0 Å². The smallest absolute Gasteiger partial charge is 0.293 e. The maximum atomic E-state index is 12.4. The zero-order valence-electron chi connectivity index (χ0n) is 17.3. The van der Waals surface area contributed by atoms with E-state index in [0.29, 0.717) is 18.0 Å². The molecule has 0 aromatic heterocycles. The molecule has 0 heterocycles. The van der Waals surface area contributed by atoms with Crippen molar-refractivity contribution in [3.8, 4) is 5.75 Å². The number of nitrogens with zero attached hydrogens (tertiary/aromatic N) is 1. The molecule has 164 valence electrons. The first-order valence-electron chi connectivity index (χ1n) is 9.74. The Labute approximate surface area is 184 Å². The van der Waals surface area contributed by atoms with Gasteiger partial charge in [0.25, 0.3) is 11.6 Å². The van der Waals surface area contributed by atoms with Crippen LogP contribution in [-0.4, -0.2) is 30.4 Å². The zero-order chi connectivity index (χ0) is 22.9. The molecule has 32 heavy (non-hydrogen) atoms. The highest BCUT2D eigenvalue weighted by Crippen LogP contribution is 2.28. The Morgan fingerprint density at radius 2 is 1.69 bits per heavy atom. The maximum Gasteiger partial charge on any atom is 0.293 e. The van der Waals surface area contributed by atoms with Crippen molar-refractivity contribution in [2.45, 2.75) is 6.54 Å². The number of nitrogens with one attached hydrogen (secondary N) is 3. The van der Waals surface area contributed by atoms with E-state index in [0.717, 1.165) is 5.56 Å². The van der Waals surface area contributed by atoms with Crippen LogP contribution in [0.4, 0.5) is 17.1 Å². The van der Waals surface area contributed by atoms with Gasteiger partial charge in [0.2, 0.25) is 5.91 Å². The predicted octanol–water partition coefficient (Wildman–Crippen LogP) is 3.39. The van der Waals surface area contributed by atoms with Gasteiger partial charge in [-0.1, -0.05) is 30.3 Å². The van der Waals surface area contributed by atoms with Crippen LogP contribution in [0.3, 0.4) is 0 Å². The van der Waals surface area contributed by atoms with Crippen LogP contribution in [0.1, 0.15) is 15.9 Å². The number of ether oxygens (including phenoxy) is 1. The predicted molar refractivity (Wildman–Crippen MR) is 120 cm³/mol. The number of amides is 2. The number of hydrogen-bond donors (Lipinski definition) is 3.